The van der Waals surface area contributed by atoms with Gasteiger partial charge >= 0.3 is 0 Å². The van der Waals surface area contributed by atoms with Gasteiger partial charge in [0.1, 0.15) is 0 Å². The van der Waals surface area contributed by atoms with E-state index in [1.807, 2.05) is 0 Å². The number of hydrogen-bond acceptors (Lipinski definition) is 4. The first-order chi connectivity index (χ1) is 6.74. The molecule has 0 fully saturated rings. The predicted molar refractivity (Wildman–Crippen MR) is 63.2 cm³/mol. The van der Waals surface area contributed by atoms with E-state index < -0.39 is 0 Å². The number of ether oxygens (including phenoxy) is 2. The highest BCUT2D eigenvalue weighted by Crippen LogP contribution is 1.99. The summed E-state index contributed by atoms with van der Waals surface area (Å²) in [6.07, 6.45) is 0. The Morgan fingerprint density at radius 1 is 1.21 bits per heavy atom. The van der Waals surface area contributed by atoms with Gasteiger partial charge in [0, 0.05) is 39.6 Å². The molecule has 0 amide bonds. The summed E-state index contributed by atoms with van der Waals surface area (Å²) in [5, 5.41) is 0. The fourth-order valence-corrected chi connectivity index (χ4v) is 1.18. The lowest BCUT2D eigenvalue weighted by atomic mass is 10.3. The van der Waals surface area contributed by atoms with Crippen molar-refractivity contribution >= 4 is 12.6 Å². The Morgan fingerprint density at radius 2 is 1.71 bits per heavy atom. The molecule has 0 unspecified atom stereocenters. The summed E-state index contributed by atoms with van der Waals surface area (Å²) in [6, 6.07) is 0. The molecule has 0 rings (SSSR count). The summed E-state index contributed by atoms with van der Waals surface area (Å²) in [6.45, 7) is 8.10. The van der Waals surface area contributed by atoms with Gasteiger partial charge in [0.15, 0.2) is 0 Å². The highest BCUT2D eigenvalue weighted by atomic mass is 32.1. The van der Waals surface area contributed by atoms with Crippen LogP contribution in [0.5, 0.6) is 0 Å². The zero-order valence-corrected chi connectivity index (χ0v) is 10.1. The molecule has 0 heterocycles. The lowest BCUT2D eigenvalue weighted by Gasteiger charge is -2.22. The van der Waals surface area contributed by atoms with Gasteiger partial charge in [-0.3, -0.25) is 4.90 Å². The molecule has 4 heteroatoms. The second-order valence-corrected chi connectivity index (χ2v) is 3.49. The highest BCUT2D eigenvalue weighted by molar-refractivity contribution is 7.80. The number of rotatable bonds is 9. The molecule has 3 nitrogen and oxygen atoms in total. The van der Waals surface area contributed by atoms with Crippen LogP contribution in [0.2, 0.25) is 0 Å². The van der Waals surface area contributed by atoms with Crippen molar-refractivity contribution in [2.75, 3.05) is 52.8 Å². The summed E-state index contributed by atoms with van der Waals surface area (Å²) in [5.41, 5.74) is 1.13. The molecular weight excluding hydrogens is 198 g/mol. The maximum absolute atomic E-state index is 5.04. The quantitative estimate of drug-likeness (QED) is 0.463. The van der Waals surface area contributed by atoms with Crippen molar-refractivity contribution < 1.29 is 9.47 Å². The molecule has 0 N–H and O–H groups in total. The van der Waals surface area contributed by atoms with Gasteiger partial charge in [-0.05, 0) is 0 Å². The third-order valence-corrected chi connectivity index (χ3v) is 2.34. The third-order valence-electron chi connectivity index (χ3n) is 1.89. The molecule has 0 aliphatic rings. The lowest BCUT2D eigenvalue weighted by molar-refractivity contribution is 0.119. The van der Waals surface area contributed by atoms with Crippen molar-refractivity contribution in [2.24, 2.45) is 0 Å². The van der Waals surface area contributed by atoms with Gasteiger partial charge in [0.2, 0.25) is 0 Å². The monoisotopic (exact) mass is 219 g/mol. The normalized spacial score (nSPS) is 10.9. The molecule has 0 aromatic rings. The Balaban J connectivity index is 3.77. The van der Waals surface area contributed by atoms with Crippen LogP contribution < -0.4 is 0 Å². The zero-order valence-electron chi connectivity index (χ0n) is 9.16. The van der Waals surface area contributed by atoms with Crippen molar-refractivity contribution in [3.8, 4) is 0 Å². The van der Waals surface area contributed by atoms with Gasteiger partial charge in [-0.15, -0.1) is 0 Å². The molecule has 0 aliphatic heterocycles. The van der Waals surface area contributed by atoms with E-state index in [0.29, 0.717) is 0 Å². The smallest absolute Gasteiger partial charge is 0.0589 e. The van der Waals surface area contributed by atoms with Gasteiger partial charge in [0.25, 0.3) is 0 Å². The molecule has 0 aliphatic carbocycles. The zero-order chi connectivity index (χ0) is 10.8. The average molecular weight is 219 g/mol. The van der Waals surface area contributed by atoms with E-state index in [1.165, 1.54) is 0 Å². The van der Waals surface area contributed by atoms with Gasteiger partial charge < -0.3 is 9.47 Å². The number of thiol groups is 1. The van der Waals surface area contributed by atoms with Gasteiger partial charge in [-0.25, -0.2) is 0 Å². The van der Waals surface area contributed by atoms with Gasteiger partial charge in [-0.2, -0.15) is 12.6 Å². The fourth-order valence-electron chi connectivity index (χ4n) is 1.08. The van der Waals surface area contributed by atoms with Crippen molar-refractivity contribution in [1.29, 1.82) is 0 Å². The van der Waals surface area contributed by atoms with Gasteiger partial charge in [-0.1, -0.05) is 12.2 Å². The van der Waals surface area contributed by atoms with Crippen molar-refractivity contribution in [3.05, 3.63) is 12.2 Å². The van der Waals surface area contributed by atoms with Crippen LogP contribution in [-0.4, -0.2) is 57.7 Å². The largest absolute Gasteiger partial charge is 0.383 e. The molecule has 0 saturated heterocycles. The van der Waals surface area contributed by atoms with E-state index in [-0.39, 0.29) is 0 Å². The van der Waals surface area contributed by atoms with Crippen LogP contribution in [0.3, 0.4) is 0 Å². The van der Waals surface area contributed by atoms with Crippen LogP contribution in [0.4, 0.5) is 0 Å². The number of nitrogens with zero attached hydrogens (tertiary/aromatic N) is 1. The summed E-state index contributed by atoms with van der Waals surface area (Å²) in [7, 11) is 3.42. The lowest BCUT2D eigenvalue weighted by Crippen LogP contribution is -2.32. The molecular formula is C10H21NO2S. The Hall–Kier alpha value is -0.0300. The minimum atomic E-state index is 0.733. The molecule has 0 saturated carbocycles. The standard InChI is InChI=1S/C10H21NO2S/c1-10(9-14)8-11(4-6-12-2)5-7-13-3/h14H,1,4-9H2,2-3H3. The molecule has 0 atom stereocenters. The third kappa shape index (κ3) is 7.38. The number of hydrogen-bond donors (Lipinski definition) is 1. The Labute approximate surface area is 92.5 Å². The van der Waals surface area contributed by atoms with Gasteiger partial charge in [0.05, 0.1) is 13.2 Å². The van der Waals surface area contributed by atoms with E-state index in [0.717, 1.165) is 44.2 Å². The van der Waals surface area contributed by atoms with Crippen molar-refractivity contribution in [1.82, 2.24) is 4.90 Å². The van der Waals surface area contributed by atoms with E-state index in [2.05, 4.69) is 24.1 Å². The summed E-state index contributed by atoms with van der Waals surface area (Å²) in [4.78, 5) is 2.26. The first kappa shape index (κ1) is 14.0. The number of methoxy groups -OCH3 is 2. The summed E-state index contributed by atoms with van der Waals surface area (Å²) < 4.78 is 10.1. The van der Waals surface area contributed by atoms with Crippen LogP contribution in [0.25, 0.3) is 0 Å². The second kappa shape index (κ2) is 9.52. The maximum atomic E-state index is 5.04. The van der Waals surface area contributed by atoms with Crippen LogP contribution >= 0.6 is 12.6 Å². The molecule has 0 spiro atoms. The first-order valence-electron chi connectivity index (χ1n) is 4.72. The average Bonchev–Trinajstić information content (AvgIpc) is 2.21. The summed E-state index contributed by atoms with van der Waals surface area (Å²) in [5.74, 6) is 0.733. The Bertz CT molecular complexity index is 145. The second-order valence-electron chi connectivity index (χ2n) is 3.17. The highest BCUT2D eigenvalue weighted by Gasteiger charge is 2.05. The molecule has 14 heavy (non-hydrogen) atoms. The van der Waals surface area contributed by atoms with Crippen LogP contribution in [0, 0.1) is 0 Å². The molecule has 0 radical (unpaired) electrons. The fraction of sp³-hybridized carbons (Fsp3) is 0.800. The maximum Gasteiger partial charge on any atom is 0.0589 e. The van der Waals surface area contributed by atoms with E-state index >= 15 is 0 Å². The molecule has 0 aromatic carbocycles. The van der Waals surface area contributed by atoms with Crippen LogP contribution in [0.1, 0.15) is 0 Å². The van der Waals surface area contributed by atoms with E-state index in [1.54, 1.807) is 14.2 Å². The molecule has 0 aromatic heterocycles. The molecule has 84 valence electrons. The van der Waals surface area contributed by atoms with Crippen molar-refractivity contribution in [3.63, 3.8) is 0 Å². The molecule has 0 bridgehead atoms. The minimum Gasteiger partial charge on any atom is -0.383 e. The summed E-state index contributed by atoms with van der Waals surface area (Å²) >= 11 is 4.18. The SMILES string of the molecule is C=C(CS)CN(CCOC)CCOC. The van der Waals surface area contributed by atoms with E-state index in [4.69, 9.17) is 9.47 Å². The Kier molecular flexibility index (Phi) is 9.50. The minimum absolute atomic E-state index is 0.733. The van der Waals surface area contributed by atoms with Crippen LogP contribution in [-0.2, 0) is 9.47 Å². The van der Waals surface area contributed by atoms with Crippen molar-refractivity contribution in [2.45, 2.75) is 0 Å². The first-order valence-corrected chi connectivity index (χ1v) is 5.35. The van der Waals surface area contributed by atoms with E-state index in [9.17, 15) is 0 Å². The Morgan fingerprint density at radius 3 is 2.07 bits per heavy atom. The topological polar surface area (TPSA) is 21.7 Å². The van der Waals surface area contributed by atoms with Crippen LogP contribution in [0.15, 0.2) is 12.2 Å². The predicted octanol–water partition coefficient (Wildman–Crippen LogP) is 1.07.